The number of amides is 2. The van der Waals surface area contributed by atoms with Crippen molar-refractivity contribution in [1.82, 2.24) is 20.2 Å². The molecular formula is C16H17F3N4O3. The van der Waals surface area contributed by atoms with Crippen LogP contribution in [-0.4, -0.2) is 42.6 Å². The van der Waals surface area contributed by atoms with Crippen LogP contribution in [0.1, 0.15) is 38.3 Å². The van der Waals surface area contributed by atoms with Crippen LogP contribution in [0.4, 0.5) is 13.2 Å². The Hall–Kier alpha value is -2.88. The van der Waals surface area contributed by atoms with Gasteiger partial charge in [0.15, 0.2) is 11.9 Å². The van der Waals surface area contributed by atoms with Gasteiger partial charge in [-0.05, 0) is 12.1 Å². The molecule has 1 atom stereocenters. The average Bonchev–Trinajstić information content (AvgIpc) is 3.05. The summed E-state index contributed by atoms with van der Waals surface area (Å²) in [7, 11) is 4.01. The zero-order chi connectivity index (χ0) is 19.5. The number of alkyl halides is 3. The molecule has 1 heterocycles. The van der Waals surface area contributed by atoms with E-state index in [1.807, 2.05) is 0 Å². The van der Waals surface area contributed by atoms with Crippen molar-refractivity contribution in [3.8, 4) is 0 Å². The molecule has 140 valence electrons. The van der Waals surface area contributed by atoms with E-state index in [1.54, 1.807) is 0 Å². The molecule has 0 radical (unpaired) electrons. The van der Waals surface area contributed by atoms with Crippen LogP contribution in [0.5, 0.6) is 0 Å². The van der Waals surface area contributed by atoms with E-state index in [9.17, 15) is 22.8 Å². The summed E-state index contributed by atoms with van der Waals surface area (Å²) in [6.45, 7) is 0. The van der Waals surface area contributed by atoms with Gasteiger partial charge in [0.05, 0.1) is 11.9 Å². The molecule has 0 aliphatic carbocycles. The van der Waals surface area contributed by atoms with Gasteiger partial charge >= 0.3 is 6.18 Å². The highest BCUT2D eigenvalue weighted by Crippen LogP contribution is 2.32. The Morgan fingerprint density at radius 3 is 2.38 bits per heavy atom. The smallest absolute Gasteiger partial charge is 0.357 e. The van der Waals surface area contributed by atoms with E-state index in [-0.39, 0.29) is 17.0 Å². The maximum atomic E-state index is 13.0. The lowest BCUT2D eigenvalue weighted by Crippen LogP contribution is -2.29. The second-order valence-electron chi connectivity index (χ2n) is 5.22. The number of aromatic nitrogens is 2. The van der Waals surface area contributed by atoms with E-state index in [1.165, 1.54) is 44.2 Å². The van der Waals surface area contributed by atoms with Crippen molar-refractivity contribution in [1.29, 1.82) is 0 Å². The van der Waals surface area contributed by atoms with Crippen LogP contribution < -0.4 is 10.6 Å². The van der Waals surface area contributed by atoms with Gasteiger partial charge in [-0.1, -0.05) is 12.1 Å². The summed E-state index contributed by atoms with van der Waals surface area (Å²) in [5.74, 6) is -1.24. The molecule has 0 fully saturated rings. The normalized spacial score (nSPS) is 12.5. The van der Waals surface area contributed by atoms with Crippen molar-refractivity contribution >= 4 is 11.8 Å². The monoisotopic (exact) mass is 370 g/mol. The number of carbonyl (C=O) groups excluding carboxylic acids is 2. The fraction of sp³-hybridized carbons (Fsp3) is 0.312. The number of hydrogen-bond donors (Lipinski definition) is 2. The Kier molecular flexibility index (Phi) is 5.66. The summed E-state index contributed by atoms with van der Waals surface area (Å²) in [6, 6.07) is 4.51. The van der Waals surface area contributed by atoms with E-state index >= 15 is 0 Å². The van der Waals surface area contributed by atoms with Crippen molar-refractivity contribution in [3.05, 3.63) is 53.1 Å². The third-order valence-electron chi connectivity index (χ3n) is 3.65. The summed E-state index contributed by atoms with van der Waals surface area (Å²) in [6.07, 6.45) is -4.44. The number of hydrogen-bond acceptors (Lipinski definition) is 4. The molecule has 0 aliphatic heterocycles. The fourth-order valence-corrected chi connectivity index (χ4v) is 2.45. The minimum Gasteiger partial charge on any atom is -0.357 e. The number of ether oxygens (including phenoxy) is 1. The number of methoxy groups -OCH3 is 1. The molecule has 2 rings (SSSR count). The van der Waals surface area contributed by atoms with Crippen molar-refractivity contribution < 1.29 is 27.5 Å². The Morgan fingerprint density at radius 2 is 1.85 bits per heavy atom. The number of nitrogens with zero attached hydrogens (tertiary/aromatic N) is 2. The van der Waals surface area contributed by atoms with Gasteiger partial charge in [-0.25, -0.2) is 4.98 Å². The standard InChI is InChI=1S/C16H17F3N4O3/c1-20-13(24)11-12(14(25)21-2)23(8-22-11)15(26-3)9-5-4-6-10(7-9)16(17,18)19/h4-8,15H,1-3H3,(H,20,24)(H,21,25). The summed E-state index contributed by atoms with van der Waals surface area (Å²) in [5.41, 5.74) is -1.00. The largest absolute Gasteiger partial charge is 0.416 e. The van der Waals surface area contributed by atoms with Gasteiger partial charge < -0.3 is 15.4 Å². The van der Waals surface area contributed by atoms with E-state index in [2.05, 4.69) is 15.6 Å². The quantitative estimate of drug-likeness (QED) is 0.841. The van der Waals surface area contributed by atoms with Crippen LogP contribution in [0.15, 0.2) is 30.6 Å². The lowest BCUT2D eigenvalue weighted by molar-refractivity contribution is -0.137. The molecule has 7 nitrogen and oxygen atoms in total. The van der Waals surface area contributed by atoms with Crippen LogP contribution in [0.3, 0.4) is 0 Å². The first-order valence-corrected chi connectivity index (χ1v) is 7.45. The van der Waals surface area contributed by atoms with E-state index < -0.39 is 29.8 Å². The topological polar surface area (TPSA) is 85.2 Å². The number of benzene rings is 1. The Balaban J connectivity index is 2.60. The van der Waals surface area contributed by atoms with Gasteiger partial charge in [0.2, 0.25) is 0 Å². The van der Waals surface area contributed by atoms with Crippen molar-refractivity contribution in [3.63, 3.8) is 0 Å². The van der Waals surface area contributed by atoms with Crippen molar-refractivity contribution in [2.75, 3.05) is 21.2 Å². The first-order valence-electron chi connectivity index (χ1n) is 7.45. The Labute approximate surface area is 147 Å². The Bertz CT molecular complexity index is 817. The van der Waals surface area contributed by atoms with Gasteiger partial charge in [0.25, 0.3) is 11.8 Å². The van der Waals surface area contributed by atoms with E-state index in [4.69, 9.17) is 4.74 Å². The first-order chi connectivity index (χ1) is 12.2. The fourth-order valence-electron chi connectivity index (χ4n) is 2.45. The third kappa shape index (κ3) is 3.69. The second kappa shape index (κ2) is 7.56. The van der Waals surface area contributed by atoms with Gasteiger partial charge in [0.1, 0.15) is 5.69 Å². The van der Waals surface area contributed by atoms with Gasteiger partial charge in [-0.3, -0.25) is 14.2 Å². The molecule has 0 bridgehead atoms. The third-order valence-corrected chi connectivity index (χ3v) is 3.65. The van der Waals surface area contributed by atoms with Crippen molar-refractivity contribution in [2.45, 2.75) is 12.4 Å². The van der Waals surface area contributed by atoms with Crippen LogP contribution in [0, 0.1) is 0 Å². The van der Waals surface area contributed by atoms with Gasteiger partial charge in [-0.15, -0.1) is 0 Å². The molecule has 0 spiro atoms. The number of halogens is 3. The highest BCUT2D eigenvalue weighted by Gasteiger charge is 2.32. The zero-order valence-electron chi connectivity index (χ0n) is 14.2. The van der Waals surface area contributed by atoms with Crippen LogP contribution >= 0.6 is 0 Å². The maximum Gasteiger partial charge on any atom is 0.416 e. The Morgan fingerprint density at radius 1 is 1.19 bits per heavy atom. The average molecular weight is 370 g/mol. The SMILES string of the molecule is CNC(=O)c1ncn(C(OC)c2cccc(C(F)(F)F)c2)c1C(=O)NC. The molecule has 0 saturated heterocycles. The molecule has 1 unspecified atom stereocenters. The second-order valence-corrected chi connectivity index (χ2v) is 5.22. The summed E-state index contributed by atoms with van der Waals surface area (Å²) >= 11 is 0. The predicted molar refractivity (Wildman–Crippen MR) is 85.6 cm³/mol. The molecular weight excluding hydrogens is 353 g/mol. The number of carbonyl (C=O) groups is 2. The molecule has 1 aromatic carbocycles. The van der Waals surface area contributed by atoms with E-state index in [0.717, 1.165) is 12.1 Å². The highest BCUT2D eigenvalue weighted by molar-refractivity contribution is 6.04. The molecule has 10 heteroatoms. The summed E-state index contributed by atoms with van der Waals surface area (Å²) in [4.78, 5) is 28.1. The first kappa shape index (κ1) is 19.4. The number of nitrogens with one attached hydrogen (secondary N) is 2. The van der Waals surface area contributed by atoms with E-state index in [0.29, 0.717) is 0 Å². The maximum absolute atomic E-state index is 13.0. The lowest BCUT2D eigenvalue weighted by atomic mass is 10.1. The molecule has 2 N–H and O–H groups in total. The lowest BCUT2D eigenvalue weighted by Gasteiger charge is -2.20. The highest BCUT2D eigenvalue weighted by atomic mass is 19.4. The molecule has 26 heavy (non-hydrogen) atoms. The van der Waals surface area contributed by atoms with Gasteiger partial charge in [-0.2, -0.15) is 13.2 Å². The predicted octanol–water partition coefficient (Wildman–Crippen LogP) is 1.81. The minimum absolute atomic E-state index is 0.129. The molecule has 1 aromatic heterocycles. The number of rotatable bonds is 5. The summed E-state index contributed by atoms with van der Waals surface area (Å²) < 4.78 is 45.4. The molecule has 0 aliphatic rings. The van der Waals surface area contributed by atoms with Crippen LogP contribution in [-0.2, 0) is 10.9 Å². The van der Waals surface area contributed by atoms with Crippen molar-refractivity contribution in [2.24, 2.45) is 0 Å². The van der Waals surface area contributed by atoms with Crippen LogP contribution in [0.25, 0.3) is 0 Å². The summed E-state index contributed by atoms with van der Waals surface area (Å²) in [5, 5.41) is 4.73. The number of imidazole rings is 1. The molecule has 2 aromatic rings. The van der Waals surface area contributed by atoms with Crippen LogP contribution in [0.2, 0.25) is 0 Å². The molecule has 2 amide bonds. The zero-order valence-corrected chi connectivity index (χ0v) is 14.2. The minimum atomic E-state index is -4.53. The van der Waals surface area contributed by atoms with Gasteiger partial charge in [0, 0.05) is 26.8 Å². The molecule has 0 saturated carbocycles.